The first-order valence-electron chi connectivity index (χ1n) is 8.95. The summed E-state index contributed by atoms with van der Waals surface area (Å²) in [4.78, 5) is 13.0. The Bertz CT molecular complexity index is 1200. The highest BCUT2D eigenvalue weighted by Gasteiger charge is 2.18. The van der Waals surface area contributed by atoms with Crippen LogP contribution in [-0.2, 0) is 10.0 Å². The van der Waals surface area contributed by atoms with Crippen molar-refractivity contribution in [2.75, 3.05) is 19.4 Å². The van der Waals surface area contributed by atoms with Crippen LogP contribution in [0.15, 0.2) is 59.5 Å². The number of anilines is 1. The van der Waals surface area contributed by atoms with Crippen LogP contribution in [0.4, 0.5) is 5.69 Å². The van der Waals surface area contributed by atoms with Crippen LogP contribution in [0.3, 0.4) is 0 Å². The summed E-state index contributed by atoms with van der Waals surface area (Å²) in [7, 11) is -0.629. The summed E-state index contributed by atoms with van der Waals surface area (Å²) in [6, 6.07) is 14.4. The number of amidine groups is 1. The summed E-state index contributed by atoms with van der Waals surface area (Å²) in [5.41, 5.74) is 8.12. The summed E-state index contributed by atoms with van der Waals surface area (Å²) in [6.45, 7) is 1.78. The van der Waals surface area contributed by atoms with Crippen LogP contribution >= 0.6 is 0 Å². The molecule has 2 aromatic carbocycles. The molecule has 1 aromatic heterocycles. The predicted molar refractivity (Wildman–Crippen MR) is 115 cm³/mol. The third kappa shape index (κ3) is 4.24. The van der Waals surface area contributed by atoms with Crippen molar-refractivity contribution in [3.63, 3.8) is 0 Å². The van der Waals surface area contributed by atoms with Gasteiger partial charge in [-0.15, -0.1) is 0 Å². The molecule has 9 nitrogen and oxygen atoms in total. The Balaban J connectivity index is 1.85. The van der Waals surface area contributed by atoms with Crippen LogP contribution in [0.1, 0.15) is 21.7 Å². The molecule has 10 heteroatoms. The molecule has 0 aliphatic heterocycles. The maximum absolute atomic E-state index is 12.8. The van der Waals surface area contributed by atoms with Crippen LogP contribution < -0.4 is 11.1 Å². The molecule has 0 radical (unpaired) electrons. The fraction of sp³-hybridized carbons (Fsp3) is 0.150. The van der Waals surface area contributed by atoms with Crippen molar-refractivity contribution in [1.29, 1.82) is 5.41 Å². The molecule has 4 N–H and O–H groups in total. The minimum atomic E-state index is -3.54. The van der Waals surface area contributed by atoms with E-state index in [9.17, 15) is 13.2 Å². The third-order valence-electron chi connectivity index (χ3n) is 4.38. The second kappa shape index (κ2) is 8.09. The SMILES string of the molecule is Cc1cc(C(=O)Nc2ccc(S(=O)(=O)N(C)C)cc2)n(-c2ccc(C(=N)N)cc2)n1. The van der Waals surface area contributed by atoms with E-state index in [0.29, 0.717) is 28.3 Å². The first-order chi connectivity index (χ1) is 14.1. The number of rotatable bonds is 6. The lowest BCUT2D eigenvalue weighted by Gasteiger charge is -2.12. The Kier molecular flexibility index (Phi) is 5.72. The lowest BCUT2D eigenvalue weighted by Crippen LogP contribution is -2.22. The summed E-state index contributed by atoms with van der Waals surface area (Å²) in [5.74, 6) is -0.439. The average Bonchev–Trinajstić information content (AvgIpc) is 3.10. The highest BCUT2D eigenvalue weighted by atomic mass is 32.2. The van der Waals surface area contributed by atoms with Crippen molar-refractivity contribution in [2.45, 2.75) is 11.8 Å². The number of carbonyl (C=O) groups excluding carboxylic acids is 1. The van der Waals surface area contributed by atoms with E-state index >= 15 is 0 Å². The van der Waals surface area contributed by atoms with Gasteiger partial charge in [-0.3, -0.25) is 10.2 Å². The smallest absolute Gasteiger partial charge is 0.274 e. The number of hydrogen-bond acceptors (Lipinski definition) is 5. The summed E-state index contributed by atoms with van der Waals surface area (Å²) in [5, 5.41) is 14.6. The van der Waals surface area contributed by atoms with Gasteiger partial charge in [0.25, 0.3) is 5.91 Å². The van der Waals surface area contributed by atoms with Crippen LogP contribution in [0.2, 0.25) is 0 Å². The van der Waals surface area contributed by atoms with Gasteiger partial charge >= 0.3 is 0 Å². The van der Waals surface area contributed by atoms with Crippen molar-refractivity contribution < 1.29 is 13.2 Å². The molecular formula is C20H22N6O3S. The van der Waals surface area contributed by atoms with Gasteiger partial charge in [-0.2, -0.15) is 5.10 Å². The van der Waals surface area contributed by atoms with Crippen LogP contribution in [0.25, 0.3) is 5.69 Å². The number of aryl methyl sites for hydroxylation is 1. The number of nitrogens with two attached hydrogens (primary N) is 1. The maximum atomic E-state index is 12.8. The Labute approximate surface area is 174 Å². The number of aromatic nitrogens is 2. The Morgan fingerprint density at radius 2 is 1.70 bits per heavy atom. The fourth-order valence-corrected chi connectivity index (χ4v) is 3.66. The molecule has 1 heterocycles. The Morgan fingerprint density at radius 3 is 2.23 bits per heavy atom. The van der Waals surface area contributed by atoms with E-state index in [0.717, 1.165) is 4.31 Å². The van der Waals surface area contributed by atoms with Gasteiger partial charge in [0.15, 0.2) is 0 Å². The first kappa shape index (κ1) is 21.2. The second-order valence-corrected chi connectivity index (χ2v) is 8.96. The quantitative estimate of drug-likeness (QED) is 0.409. The number of nitrogens with zero attached hydrogens (tertiary/aromatic N) is 3. The van der Waals surface area contributed by atoms with Gasteiger partial charge in [0.1, 0.15) is 11.5 Å². The normalized spacial score (nSPS) is 11.5. The van der Waals surface area contributed by atoms with E-state index in [1.54, 1.807) is 37.3 Å². The molecule has 0 atom stereocenters. The number of hydrogen-bond donors (Lipinski definition) is 3. The van der Waals surface area contributed by atoms with Crippen LogP contribution in [-0.4, -0.2) is 48.3 Å². The number of benzene rings is 2. The second-order valence-electron chi connectivity index (χ2n) is 6.81. The molecule has 0 saturated carbocycles. The monoisotopic (exact) mass is 426 g/mol. The molecule has 0 aliphatic rings. The molecule has 0 aliphatic carbocycles. The molecule has 3 aromatic rings. The molecular weight excluding hydrogens is 404 g/mol. The van der Waals surface area contributed by atoms with Crippen molar-refractivity contribution in [3.8, 4) is 5.69 Å². The molecule has 3 rings (SSSR count). The zero-order valence-corrected chi connectivity index (χ0v) is 17.6. The van der Waals surface area contributed by atoms with Gasteiger partial charge in [-0.05, 0) is 61.5 Å². The van der Waals surface area contributed by atoms with Gasteiger partial charge in [-0.1, -0.05) is 0 Å². The topological polar surface area (TPSA) is 134 Å². The third-order valence-corrected chi connectivity index (χ3v) is 6.21. The summed E-state index contributed by atoms with van der Waals surface area (Å²) in [6.07, 6.45) is 0. The number of nitrogens with one attached hydrogen (secondary N) is 2. The van der Waals surface area contributed by atoms with E-state index < -0.39 is 15.9 Å². The predicted octanol–water partition coefficient (Wildman–Crippen LogP) is 1.97. The van der Waals surface area contributed by atoms with E-state index in [-0.39, 0.29) is 10.7 Å². The zero-order chi connectivity index (χ0) is 22.1. The summed E-state index contributed by atoms with van der Waals surface area (Å²) < 4.78 is 27.0. The van der Waals surface area contributed by atoms with Gasteiger partial charge in [-0.25, -0.2) is 17.4 Å². The first-order valence-corrected chi connectivity index (χ1v) is 10.4. The minimum Gasteiger partial charge on any atom is -0.384 e. The standard InChI is InChI=1S/C20H22N6O3S/c1-13-12-18(26(24-13)16-8-4-14(5-9-16)19(21)22)20(27)23-15-6-10-17(11-7-15)30(28,29)25(2)3/h4-12H,1-3H3,(H3,21,22)(H,23,27). The highest BCUT2D eigenvalue weighted by molar-refractivity contribution is 7.89. The zero-order valence-electron chi connectivity index (χ0n) is 16.7. The number of carbonyl (C=O) groups is 1. The van der Waals surface area contributed by atoms with Crippen molar-refractivity contribution in [3.05, 3.63) is 71.5 Å². The van der Waals surface area contributed by atoms with E-state index in [4.69, 9.17) is 11.1 Å². The molecule has 1 amide bonds. The van der Waals surface area contributed by atoms with Gasteiger partial charge in [0.05, 0.1) is 16.3 Å². The number of amides is 1. The number of nitrogen functional groups attached to an aromatic ring is 1. The van der Waals surface area contributed by atoms with Crippen molar-refractivity contribution >= 4 is 27.5 Å². The van der Waals surface area contributed by atoms with Gasteiger partial charge in [0.2, 0.25) is 10.0 Å². The lowest BCUT2D eigenvalue weighted by atomic mass is 10.2. The molecule has 0 unspecified atom stereocenters. The summed E-state index contributed by atoms with van der Waals surface area (Å²) >= 11 is 0. The largest absolute Gasteiger partial charge is 0.384 e. The van der Waals surface area contributed by atoms with E-state index in [1.165, 1.54) is 43.0 Å². The molecule has 0 fully saturated rings. The van der Waals surface area contributed by atoms with Crippen molar-refractivity contribution in [2.24, 2.45) is 5.73 Å². The fourth-order valence-electron chi connectivity index (χ4n) is 2.76. The maximum Gasteiger partial charge on any atom is 0.274 e. The van der Waals surface area contributed by atoms with Crippen LogP contribution in [0.5, 0.6) is 0 Å². The average molecular weight is 427 g/mol. The minimum absolute atomic E-state index is 0.0455. The Morgan fingerprint density at radius 1 is 1.10 bits per heavy atom. The molecule has 30 heavy (non-hydrogen) atoms. The van der Waals surface area contributed by atoms with Crippen molar-refractivity contribution in [1.82, 2.24) is 14.1 Å². The van der Waals surface area contributed by atoms with E-state index in [1.807, 2.05) is 0 Å². The van der Waals surface area contributed by atoms with E-state index in [2.05, 4.69) is 10.4 Å². The molecule has 0 saturated heterocycles. The molecule has 0 spiro atoms. The van der Waals surface area contributed by atoms with Gasteiger partial charge in [0, 0.05) is 25.3 Å². The van der Waals surface area contributed by atoms with Crippen LogP contribution in [0, 0.1) is 12.3 Å². The Hall–Kier alpha value is -3.50. The highest BCUT2D eigenvalue weighted by Crippen LogP contribution is 2.19. The molecule has 156 valence electrons. The lowest BCUT2D eigenvalue weighted by molar-refractivity contribution is 0.101. The molecule has 0 bridgehead atoms. The number of sulfonamides is 1. The van der Waals surface area contributed by atoms with Gasteiger partial charge < -0.3 is 11.1 Å².